The number of amides is 1. The first kappa shape index (κ1) is 17.0. The minimum atomic E-state index is -0.192. The summed E-state index contributed by atoms with van der Waals surface area (Å²) in [4.78, 5) is 18.7. The van der Waals surface area contributed by atoms with Gasteiger partial charge < -0.3 is 15.5 Å². The number of aryl methyl sites for hydroxylation is 2. The summed E-state index contributed by atoms with van der Waals surface area (Å²) in [5, 5.41) is 6.22. The highest BCUT2D eigenvalue weighted by Crippen LogP contribution is 2.20. The van der Waals surface area contributed by atoms with Crippen LogP contribution in [0.25, 0.3) is 0 Å². The molecule has 0 fully saturated rings. The molecule has 0 spiro atoms. The minimum Gasteiger partial charge on any atom is -0.383 e. The summed E-state index contributed by atoms with van der Waals surface area (Å²) < 4.78 is 0. The van der Waals surface area contributed by atoms with Gasteiger partial charge in [0.1, 0.15) is 5.69 Å². The van der Waals surface area contributed by atoms with Crippen LogP contribution in [0.5, 0.6) is 0 Å². The van der Waals surface area contributed by atoms with Crippen LogP contribution in [-0.2, 0) is 0 Å². The van der Waals surface area contributed by atoms with E-state index < -0.39 is 0 Å². The van der Waals surface area contributed by atoms with Crippen molar-refractivity contribution in [2.24, 2.45) is 0 Å². The van der Waals surface area contributed by atoms with Crippen molar-refractivity contribution in [1.82, 2.24) is 9.88 Å². The molecule has 0 aliphatic rings. The molecule has 1 heterocycles. The SMILES string of the molecule is Cc1cccc(C)c1NC(=O)c1ccc(NCCN(C)C)cn1. The van der Waals surface area contributed by atoms with Crippen LogP contribution in [0.1, 0.15) is 21.6 Å². The molecule has 5 heteroatoms. The largest absolute Gasteiger partial charge is 0.383 e. The summed E-state index contributed by atoms with van der Waals surface area (Å²) in [5.41, 5.74) is 4.26. The molecule has 23 heavy (non-hydrogen) atoms. The van der Waals surface area contributed by atoms with Crippen LogP contribution in [0.2, 0.25) is 0 Å². The Labute approximate surface area is 137 Å². The van der Waals surface area contributed by atoms with Gasteiger partial charge in [-0.15, -0.1) is 0 Å². The number of pyridine rings is 1. The van der Waals surface area contributed by atoms with Crippen LogP contribution in [0.3, 0.4) is 0 Å². The molecule has 0 radical (unpaired) electrons. The van der Waals surface area contributed by atoms with E-state index in [1.165, 1.54) is 0 Å². The number of nitrogens with one attached hydrogen (secondary N) is 2. The first-order chi connectivity index (χ1) is 11.0. The number of aromatic nitrogens is 1. The third-order valence-corrected chi connectivity index (χ3v) is 3.60. The van der Waals surface area contributed by atoms with Gasteiger partial charge in [0.05, 0.1) is 11.9 Å². The van der Waals surface area contributed by atoms with Crippen molar-refractivity contribution < 1.29 is 4.79 Å². The highest BCUT2D eigenvalue weighted by Gasteiger charge is 2.10. The van der Waals surface area contributed by atoms with Crippen molar-refractivity contribution >= 4 is 17.3 Å². The normalized spacial score (nSPS) is 10.7. The lowest BCUT2D eigenvalue weighted by Crippen LogP contribution is -2.21. The van der Waals surface area contributed by atoms with Crippen molar-refractivity contribution in [2.45, 2.75) is 13.8 Å². The Morgan fingerprint density at radius 3 is 2.39 bits per heavy atom. The van der Waals surface area contributed by atoms with Crippen molar-refractivity contribution in [2.75, 3.05) is 37.8 Å². The molecule has 1 aromatic heterocycles. The van der Waals surface area contributed by atoms with E-state index in [1.807, 2.05) is 52.2 Å². The van der Waals surface area contributed by atoms with Crippen LogP contribution in [0.4, 0.5) is 11.4 Å². The smallest absolute Gasteiger partial charge is 0.274 e. The molecule has 0 bridgehead atoms. The lowest BCUT2D eigenvalue weighted by molar-refractivity contribution is 0.102. The standard InChI is InChI=1S/C18H24N4O/c1-13-6-5-7-14(2)17(13)21-18(23)16-9-8-15(12-20-16)19-10-11-22(3)4/h5-9,12,19H,10-11H2,1-4H3,(H,21,23). The summed E-state index contributed by atoms with van der Waals surface area (Å²) in [5.74, 6) is -0.192. The lowest BCUT2D eigenvalue weighted by Gasteiger charge is -2.12. The number of carbonyl (C=O) groups excluding carboxylic acids is 1. The number of nitrogens with zero attached hydrogens (tertiary/aromatic N) is 2. The predicted octanol–water partition coefficient (Wildman–Crippen LogP) is 2.92. The Morgan fingerprint density at radius 2 is 1.83 bits per heavy atom. The highest BCUT2D eigenvalue weighted by atomic mass is 16.1. The first-order valence-corrected chi connectivity index (χ1v) is 7.69. The monoisotopic (exact) mass is 312 g/mol. The first-order valence-electron chi connectivity index (χ1n) is 7.69. The maximum atomic E-state index is 12.3. The van der Waals surface area contributed by atoms with E-state index in [9.17, 15) is 4.79 Å². The van der Waals surface area contributed by atoms with Gasteiger partial charge in [0.15, 0.2) is 0 Å². The number of anilines is 2. The van der Waals surface area contributed by atoms with E-state index in [-0.39, 0.29) is 5.91 Å². The van der Waals surface area contributed by atoms with Crippen molar-refractivity contribution in [3.05, 3.63) is 53.3 Å². The fraction of sp³-hybridized carbons (Fsp3) is 0.333. The Balaban J connectivity index is 2.00. The molecule has 2 N–H and O–H groups in total. The molecule has 0 atom stereocenters. The third kappa shape index (κ3) is 4.79. The van der Waals surface area contributed by atoms with Gasteiger partial charge in [0.2, 0.25) is 0 Å². The Kier molecular flexibility index (Phi) is 5.71. The average Bonchev–Trinajstić information content (AvgIpc) is 2.51. The Bertz CT molecular complexity index is 645. The van der Waals surface area contributed by atoms with E-state index in [4.69, 9.17) is 0 Å². The van der Waals surface area contributed by atoms with Gasteiger partial charge in [0, 0.05) is 18.8 Å². The van der Waals surface area contributed by atoms with Crippen LogP contribution in [0.15, 0.2) is 36.5 Å². The van der Waals surface area contributed by atoms with E-state index >= 15 is 0 Å². The highest BCUT2D eigenvalue weighted by molar-refractivity contribution is 6.03. The fourth-order valence-corrected chi connectivity index (χ4v) is 2.25. The van der Waals surface area contributed by atoms with Gasteiger partial charge >= 0.3 is 0 Å². The number of carbonyl (C=O) groups is 1. The molecular weight excluding hydrogens is 288 g/mol. The summed E-state index contributed by atoms with van der Waals surface area (Å²) in [6.07, 6.45) is 1.69. The maximum absolute atomic E-state index is 12.3. The van der Waals surface area contributed by atoms with Gasteiger partial charge in [-0.1, -0.05) is 18.2 Å². The molecule has 1 amide bonds. The summed E-state index contributed by atoms with van der Waals surface area (Å²) in [6, 6.07) is 9.55. The Hall–Kier alpha value is -2.40. The van der Waals surface area contributed by atoms with E-state index in [0.29, 0.717) is 5.69 Å². The van der Waals surface area contributed by atoms with Gasteiger partial charge in [0.25, 0.3) is 5.91 Å². The number of para-hydroxylation sites is 1. The zero-order valence-electron chi connectivity index (χ0n) is 14.2. The van der Waals surface area contributed by atoms with Crippen molar-refractivity contribution in [3.8, 4) is 0 Å². The molecule has 0 unspecified atom stereocenters. The number of benzene rings is 1. The lowest BCUT2D eigenvalue weighted by atomic mass is 10.1. The van der Waals surface area contributed by atoms with E-state index in [0.717, 1.165) is 35.6 Å². The van der Waals surface area contributed by atoms with E-state index in [2.05, 4.69) is 20.5 Å². The van der Waals surface area contributed by atoms with Gasteiger partial charge in [-0.3, -0.25) is 4.79 Å². The number of rotatable bonds is 6. The van der Waals surface area contributed by atoms with E-state index in [1.54, 1.807) is 12.3 Å². The average molecular weight is 312 g/mol. The fourth-order valence-electron chi connectivity index (χ4n) is 2.25. The minimum absolute atomic E-state index is 0.192. The predicted molar refractivity (Wildman–Crippen MR) is 95.1 cm³/mol. The van der Waals surface area contributed by atoms with Gasteiger partial charge in [-0.2, -0.15) is 0 Å². The molecule has 0 saturated heterocycles. The van der Waals surface area contributed by atoms with Crippen LogP contribution in [-0.4, -0.2) is 43.0 Å². The zero-order chi connectivity index (χ0) is 16.8. The van der Waals surface area contributed by atoms with Crippen LogP contribution in [0, 0.1) is 13.8 Å². The second-order valence-corrected chi connectivity index (χ2v) is 5.88. The topological polar surface area (TPSA) is 57.3 Å². The second kappa shape index (κ2) is 7.74. The maximum Gasteiger partial charge on any atom is 0.274 e. The molecular formula is C18H24N4O. The van der Waals surface area contributed by atoms with Crippen LogP contribution >= 0.6 is 0 Å². The zero-order valence-corrected chi connectivity index (χ0v) is 14.2. The summed E-state index contributed by atoms with van der Waals surface area (Å²) in [6.45, 7) is 5.74. The molecule has 1 aromatic carbocycles. The van der Waals surface area contributed by atoms with Gasteiger partial charge in [-0.05, 0) is 51.2 Å². The molecule has 0 aliphatic heterocycles. The number of hydrogen-bond donors (Lipinski definition) is 2. The third-order valence-electron chi connectivity index (χ3n) is 3.60. The summed E-state index contributed by atoms with van der Waals surface area (Å²) in [7, 11) is 4.06. The second-order valence-electron chi connectivity index (χ2n) is 5.88. The molecule has 0 aliphatic carbocycles. The molecule has 2 rings (SSSR count). The van der Waals surface area contributed by atoms with Gasteiger partial charge in [-0.25, -0.2) is 4.98 Å². The quantitative estimate of drug-likeness (QED) is 0.861. The summed E-state index contributed by atoms with van der Waals surface area (Å²) >= 11 is 0. The van der Waals surface area contributed by atoms with Crippen molar-refractivity contribution in [3.63, 3.8) is 0 Å². The molecule has 2 aromatic rings. The Morgan fingerprint density at radius 1 is 1.13 bits per heavy atom. The number of likely N-dealkylation sites (N-methyl/N-ethyl adjacent to an activating group) is 1. The van der Waals surface area contributed by atoms with Crippen LogP contribution < -0.4 is 10.6 Å². The molecule has 5 nitrogen and oxygen atoms in total. The molecule has 0 saturated carbocycles. The molecule has 122 valence electrons. The number of hydrogen-bond acceptors (Lipinski definition) is 4. The van der Waals surface area contributed by atoms with Crippen molar-refractivity contribution in [1.29, 1.82) is 0 Å².